The first kappa shape index (κ1) is 22.3. The van der Waals surface area contributed by atoms with Gasteiger partial charge in [-0.2, -0.15) is 0 Å². The molecule has 7 nitrogen and oxygen atoms in total. The van der Waals surface area contributed by atoms with Gasteiger partial charge in [0.15, 0.2) is 16.7 Å². The number of ether oxygens (including phenoxy) is 1. The van der Waals surface area contributed by atoms with Gasteiger partial charge in [-0.3, -0.25) is 19.5 Å². The lowest BCUT2D eigenvalue weighted by atomic mass is 9.79. The van der Waals surface area contributed by atoms with Crippen LogP contribution < -0.4 is 9.64 Å². The second kappa shape index (κ2) is 9.38. The highest BCUT2D eigenvalue weighted by Gasteiger charge is 2.48. The van der Waals surface area contributed by atoms with Crippen molar-refractivity contribution in [3.63, 3.8) is 0 Å². The predicted octanol–water partition coefficient (Wildman–Crippen LogP) is 5.20. The van der Waals surface area contributed by atoms with Crippen molar-refractivity contribution in [2.75, 3.05) is 12.0 Å². The molecule has 1 aliphatic heterocycles. The molecule has 1 fully saturated rings. The number of aliphatic hydroxyl groups is 1. The van der Waals surface area contributed by atoms with Gasteiger partial charge in [0.25, 0.3) is 5.91 Å². The molecule has 1 aromatic carbocycles. The largest absolute Gasteiger partial charge is 0.503 e. The van der Waals surface area contributed by atoms with Crippen LogP contribution in [0.4, 0.5) is 5.13 Å². The third-order valence-electron chi connectivity index (χ3n) is 6.60. The minimum absolute atomic E-state index is 0.0743. The number of anilines is 1. The summed E-state index contributed by atoms with van der Waals surface area (Å²) in [6.45, 7) is 0. The summed E-state index contributed by atoms with van der Waals surface area (Å²) in [7, 11) is 1.56. The van der Waals surface area contributed by atoms with Crippen LogP contribution in [0.2, 0.25) is 0 Å². The Bertz CT molecular complexity index is 1230. The lowest BCUT2D eigenvalue weighted by molar-refractivity contribution is -0.117. The summed E-state index contributed by atoms with van der Waals surface area (Å²) >= 11 is 1.33. The van der Waals surface area contributed by atoms with Gasteiger partial charge in [0, 0.05) is 28.9 Å². The lowest BCUT2D eigenvalue weighted by Crippen LogP contribution is -2.42. The van der Waals surface area contributed by atoms with Gasteiger partial charge < -0.3 is 9.84 Å². The summed E-state index contributed by atoms with van der Waals surface area (Å²) in [4.78, 5) is 37.3. The van der Waals surface area contributed by atoms with E-state index in [-0.39, 0.29) is 17.3 Å². The molecule has 3 aromatic rings. The third-order valence-corrected chi connectivity index (χ3v) is 7.44. The number of carbonyl (C=O) groups excluding carboxylic acids is 2. The molecule has 1 unspecified atom stereocenters. The molecule has 1 aliphatic carbocycles. The van der Waals surface area contributed by atoms with Crippen molar-refractivity contribution in [3.8, 4) is 17.0 Å². The number of aliphatic hydroxyl groups excluding tert-OH is 1. The van der Waals surface area contributed by atoms with Crippen molar-refractivity contribution in [2.24, 2.45) is 5.92 Å². The number of nitrogens with zero attached hydrogens (tertiary/aromatic N) is 3. The monoisotopic (exact) mass is 475 g/mol. The molecule has 1 amide bonds. The second-order valence-electron chi connectivity index (χ2n) is 8.60. The van der Waals surface area contributed by atoms with Gasteiger partial charge in [-0.05, 0) is 55.2 Å². The number of rotatable bonds is 6. The van der Waals surface area contributed by atoms with E-state index >= 15 is 0 Å². The van der Waals surface area contributed by atoms with E-state index in [1.807, 2.05) is 17.5 Å². The van der Waals surface area contributed by atoms with Crippen molar-refractivity contribution in [2.45, 2.75) is 38.1 Å². The SMILES string of the molecule is COc1ccc(C(=O)C2=C(O)C(=O)N(c3nc(-c4cccnc4)cs3)C2C2CCCCC2)cc1. The van der Waals surface area contributed by atoms with Gasteiger partial charge in [-0.25, -0.2) is 4.98 Å². The average Bonchev–Trinajstić information content (AvgIpc) is 3.48. The zero-order valence-electron chi connectivity index (χ0n) is 18.8. The average molecular weight is 476 g/mol. The van der Waals surface area contributed by atoms with Crippen LogP contribution in [0.25, 0.3) is 11.3 Å². The number of Topliss-reactive ketones (excluding diaryl/α,β-unsaturated/α-hetero) is 1. The van der Waals surface area contributed by atoms with Crippen molar-refractivity contribution in [1.29, 1.82) is 0 Å². The first-order chi connectivity index (χ1) is 16.6. The fourth-order valence-electron chi connectivity index (χ4n) is 4.89. The maximum Gasteiger partial charge on any atom is 0.296 e. The number of hydrogen-bond donors (Lipinski definition) is 1. The van der Waals surface area contributed by atoms with E-state index in [9.17, 15) is 14.7 Å². The molecule has 2 aliphatic rings. The highest BCUT2D eigenvalue weighted by atomic mass is 32.1. The topological polar surface area (TPSA) is 92.6 Å². The van der Waals surface area contributed by atoms with Gasteiger partial charge in [0.05, 0.1) is 24.4 Å². The molecule has 34 heavy (non-hydrogen) atoms. The van der Waals surface area contributed by atoms with Gasteiger partial charge in [0.2, 0.25) is 0 Å². The highest BCUT2D eigenvalue weighted by Crippen LogP contribution is 2.42. The number of hydrogen-bond acceptors (Lipinski definition) is 7. The molecule has 0 radical (unpaired) electrons. The Morgan fingerprint density at radius 2 is 1.91 bits per heavy atom. The molecule has 1 saturated carbocycles. The Kier molecular flexibility index (Phi) is 6.15. The van der Waals surface area contributed by atoms with E-state index in [0.29, 0.717) is 22.1 Å². The molecule has 8 heteroatoms. The van der Waals surface area contributed by atoms with Gasteiger partial charge in [-0.1, -0.05) is 19.3 Å². The van der Waals surface area contributed by atoms with Crippen LogP contribution in [0.3, 0.4) is 0 Å². The molecular weight excluding hydrogens is 450 g/mol. The molecule has 0 spiro atoms. The fourth-order valence-corrected chi connectivity index (χ4v) is 5.76. The van der Waals surface area contributed by atoms with Crippen molar-refractivity contribution in [1.82, 2.24) is 9.97 Å². The number of pyridine rings is 1. The standard InChI is InChI=1S/C26H25N3O4S/c1-33-19-11-9-17(10-12-19)23(30)21-22(16-6-3-2-4-7-16)29(25(32)24(21)31)26-28-20(15-34-26)18-8-5-13-27-14-18/h5,8-16,22,31H,2-4,6-7H2,1H3. The maximum atomic E-state index is 13.6. The summed E-state index contributed by atoms with van der Waals surface area (Å²) in [5.74, 6) is -0.677. The smallest absolute Gasteiger partial charge is 0.296 e. The minimum Gasteiger partial charge on any atom is -0.503 e. The van der Waals surface area contributed by atoms with E-state index in [1.54, 1.807) is 43.8 Å². The summed E-state index contributed by atoms with van der Waals surface area (Å²) in [6, 6.07) is 9.93. The number of ketones is 1. The molecule has 1 atom stereocenters. The first-order valence-corrected chi connectivity index (χ1v) is 12.3. The van der Waals surface area contributed by atoms with E-state index in [1.165, 1.54) is 16.2 Å². The summed E-state index contributed by atoms with van der Waals surface area (Å²) in [5, 5.41) is 13.3. The fraction of sp³-hybridized carbons (Fsp3) is 0.308. The Labute approximate surface area is 201 Å². The number of benzene rings is 1. The van der Waals surface area contributed by atoms with Crippen LogP contribution in [-0.2, 0) is 4.79 Å². The molecule has 0 bridgehead atoms. The molecule has 5 rings (SSSR count). The molecular formula is C26H25N3O4S. The molecule has 3 heterocycles. The van der Waals surface area contributed by atoms with Crippen LogP contribution in [-0.4, -0.2) is 39.9 Å². The molecule has 0 saturated heterocycles. The van der Waals surface area contributed by atoms with Crippen molar-refractivity contribution >= 4 is 28.2 Å². The van der Waals surface area contributed by atoms with E-state index in [0.717, 1.165) is 37.7 Å². The van der Waals surface area contributed by atoms with Crippen LogP contribution in [0, 0.1) is 5.92 Å². The summed E-state index contributed by atoms with van der Waals surface area (Å²) < 4.78 is 5.20. The Morgan fingerprint density at radius 3 is 2.59 bits per heavy atom. The van der Waals surface area contributed by atoms with Gasteiger partial charge in [-0.15, -0.1) is 11.3 Å². The van der Waals surface area contributed by atoms with Crippen LogP contribution in [0.5, 0.6) is 5.75 Å². The first-order valence-electron chi connectivity index (χ1n) is 11.4. The maximum absolute atomic E-state index is 13.6. The van der Waals surface area contributed by atoms with E-state index < -0.39 is 17.7 Å². The molecule has 174 valence electrons. The highest BCUT2D eigenvalue weighted by molar-refractivity contribution is 7.14. The predicted molar refractivity (Wildman–Crippen MR) is 130 cm³/mol. The Hall–Kier alpha value is -3.52. The van der Waals surface area contributed by atoms with Gasteiger partial charge >= 0.3 is 0 Å². The number of methoxy groups -OCH3 is 1. The van der Waals surface area contributed by atoms with Crippen LogP contribution >= 0.6 is 11.3 Å². The number of aromatic nitrogens is 2. The third kappa shape index (κ3) is 3.98. The van der Waals surface area contributed by atoms with Crippen molar-refractivity contribution < 1.29 is 19.4 Å². The summed E-state index contributed by atoms with van der Waals surface area (Å²) in [6.07, 6.45) is 8.40. The molecule has 1 N–H and O–H groups in total. The van der Waals surface area contributed by atoms with E-state index in [4.69, 9.17) is 9.72 Å². The van der Waals surface area contributed by atoms with Crippen LogP contribution in [0.15, 0.2) is 65.5 Å². The van der Waals surface area contributed by atoms with E-state index in [2.05, 4.69) is 4.98 Å². The minimum atomic E-state index is -0.570. The number of thiazole rings is 1. The summed E-state index contributed by atoms with van der Waals surface area (Å²) in [5.41, 5.74) is 2.13. The van der Waals surface area contributed by atoms with Gasteiger partial charge in [0.1, 0.15) is 5.75 Å². The second-order valence-corrected chi connectivity index (χ2v) is 9.43. The Balaban J connectivity index is 1.54. The normalized spacial score (nSPS) is 19.0. The Morgan fingerprint density at radius 1 is 1.15 bits per heavy atom. The number of carbonyl (C=O) groups is 2. The zero-order chi connectivity index (χ0) is 23.7. The van der Waals surface area contributed by atoms with Crippen molar-refractivity contribution in [3.05, 3.63) is 71.1 Å². The number of amides is 1. The molecule has 2 aromatic heterocycles. The lowest BCUT2D eigenvalue weighted by Gasteiger charge is -2.33. The quantitative estimate of drug-likeness (QED) is 0.493. The zero-order valence-corrected chi connectivity index (χ0v) is 19.6. The van der Waals surface area contributed by atoms with Crippen LogP contribution in [0.1, 0.15) is 42.5 Å².